The van der Waals surface area contributed by atoms with E-state index in [2.05, 4.69) is 21.2 Å². The van der Waals surface area contributed by atoms with Crippen LogP contribution in [0.5, 0.6) is 0 Å². The molecule has 0 saturated heterocycles. The van der Waals surface area contributed by atoms with Gasteiger partial charge in [-0.05, 0) is 35.1 Å². The van der Waals surface area contributed by atoms with E-state index in [0.717, 1.165) is 10.4 Å². The molecule has 4 heteroatoms. The molecule has 1 rings (SSSR count). The quantitative estimate of drug-likeness (QED) is 0.804. The van der Waals surface area contributed by atoms with Crippen molar-refractivity contribution < 1.29 is 4.42 Å². The zero-order valence-electron chi connectivity index (χ0n) is 6.30. The number of halogens is 1. The summed E-state index contributed by atoms with van der Waals surface area (Å²) in [5.74, 6) is 0.863. The number of rotatable bonds is 3. The predicted octanol–water partition coefficient (Wildman–Crippen LogP) is 1.26. The molecule has 1 heterocycles. The Bertz CT molecular complexity index is 220. The minimum absolute atomic E-state index is 0.112. The molecule has 62 valence electrons. The van der Waals surface area contributed by atoms with E-state index in [1.807, 2.05) is 19.2 Å². The lowest BCUT2D eigenvalue weighted by Gasteiger charge is -2.09. The summed E-state index contributed by atoms with van der Waals surface area (Å²) in [6, 6.07) is 3.87. The Morgan fingerprint density at radius 1 is 1.73 bits per heavy atom. The first-order valence-electron chi connectivity index (χ1n) is 3.40. The van der Waals surface area contributed by atoms with Gasteiger partial charge in [0.1, 0.15) is 5.76 Å². The molecule has 0 amide bonds. The van der Waals surface area contributed by atoms with E-state index in [9.17, 15) is 0 Å². The summed E-state index contributed by atoms with van der Waals surface area (Å²) in [5, 5.41) is 3.04. The van der Waals surface area contributed by atoms with Crippen molar-refractivity contribution in [1.29, 1.82) is 0 Å². The standard InChI is InChI=1S/C7H11BrN2O/c1-10-5(4-9)6-2-3-7(8)11-6/h2-3,5,10H,4,9H2,1H3. The van der Waals surface area contributed by atoms with Crippen LogP contribution in [0.3, 0.4) is 0 Å². The first kappa shape index (κ1) is 8.77. The molecule has 0 saturated carbocycles. The SMILES string of the molecule is CNC(CN)c1ccc(Br)o1. The van der Waals surface area contributed by atoms with Gasteiger partial charge in [0, 0.05) is 6.54 Å². The molecule has 0 aliphatic heterocycles. The van der Waals surface area contributed by atoms with E-state index in [-0.39, 0.29) is 6.04 Å². The van der Waals surface area contributed by atoms with Gasteiger partial charge in [0.15, 0.2) is 4.67 Å². The summed E-state index contributed by atoms with van der Waals surface area (Å²) >= 11 is 3.22. The third kappa shape index (κ3) is 2.05. The van der Waals surface area contributed by atoms with Crippen molar-refractivity contribution >= 4 is 15.9 Å². The third-order valence-electron chi connectivity index (χ3n) is 1.52. The largest absolute Gasteiger partial charge is 0.453 e. The van der Waals surface area contributed by atoms with Crippen molar-refractivity contribution in [1.82, 2.24) is 5.32 Å². The van der Waals surface area contributed by atoms with E-state index in [1.165, 1.54) is 0 Å². The minimum Gasteiger partial charge on any atom is -0.453 e. The zero-order valence-corrected chi connectivity index (χ0v) is 7.89. The second-order valence-corrected chi connectivity index (χ2v) is 3.00. The molecule has 0 spiro atoms. The van der Waals surface area contributed by atoms with E-state index < -0.39 is 0 Å². The van der Waals surface area contributed by atoms with Crippen LogP contribution in [0.4, 0.5) is 0 Å². The van der Waals surface area contributed by atoms with Crippen molar-refractivity contribution in [2.24, 2.45) is 5.73 Å². The number of nitrogens with one attached hydrogen (secondary N) is 1. The Balaban J connectivity index is 2.73. The number of hydrogen-bond acceptors (Lipinski definition) is 3. The van der Waals surface area contributed by atoms with Crippen LogP contribution in [-0.4, -0.2) is 13.6 Å². The maximum Gasteiger partial charge on any atom is 0.169 e. The Kier molecular flexibility index (Phi) is 3.11. The highest BCUT2D eigenvalue weighted by molar-refractivity contribution is 9.10. The molecule has 1 atom stereocenters. The molecule has 1 unspecified atom stereocenters. The third-order valence-corrected chi connectivity index (χ3v) is 1.95. The number of likely N-dealkylation sites (N-methyl/N-ethyl adjacent to an activating group) is 1. The molecule has 3 nitrogen and oxygen atoms in total. The zero-order chi connectivity index (χ0) is 8.27. The maximum absolute atomic E-state index is 5.49. The average Bonchev–Trinajstić information content (AvgIpc) is 2.39. The van der Waals surface area contributed by atoms with Gasteiger partial charge in [0.25, 0.3) is 0 Å². The molecule has 1 aromatic heterocycles. The molecule has 0 aliphatic carbocycles. The number of furan rings is 1. The fraction of sp³-hybridized carbons (Fsp3) is 0.429. The molecule has 0 radical (unpaired) electrons. The minimum atomic E-state index is 0.112. The van der Waals surface area contributed by atoms with E-state index in [1.54, 1.807) is 0 Å². The topological polar surface area (TPSA) is 51.2 Å². The molecule has 0 bridgehead atoms. The Morgan fingerprint density at radius 3 is 2.82 bits per heavy atom. The van der Waals surface area contributed by atoms with Crippen LogP contribution < -0.4 is 11.1 Å². The Hall–Kier alpha value is -0.320. The highest BCUT2D eigenvalue weighted by atomic mass is 79.9. The number of hydrogen-bond donors (Lipinski definition) is 2. The summed E-state index contributed by atoms with van der Waals surface area (Å²) in [5.41, 5.74) is 5.49. The van der Waals surface area contributed by atoms with Crippen LogP contribution in [0.25, 0.3) is 0 Å². The fourth-order valence-electron chi connectivity index (χ4n) is 0.892. The molecular formula is C7H11BrN2O. The lowest BCUT2D eigenvalue weighted by Crippen LogP contribution is -2.24. The van der Waals surface area contributed by atoms with Crippen molar-refractivity contribution in [2.45, 2.75) is 6.04 Å². The summed E-state index contributed by atoms with van der Waals surface area (Å²) in [6.07, 6.45) is 0. The van der Waals surface area contributed by atoms with Crippen LogP contribution in [-0.2, 0) is 0 Å². The van der Waals surface area contributed by atoms with Crippen LogP contribution >= 0.6 is 15.9 Å². The predicted molar refractivity (Wildman–Crippen MR) is 47.3 cm³/mol. The van der Waals surface area contributed by atoms with Gasteiger partial charge < -0.3 is 15.5 Å². The van der Waals surface area contributed by atoms with Crippen molar-refractivity contribution in [3.63, 3.8) is 0 Å². The summed E-state index contributed by atoms with van der Waals surface area (Å²) in [7, 11) is 1.86. The molecule has 11 heavy (non-hydrogen) atoms. The summed E-state index contributed by atoms with van der Waals surface area (Å²) < 4.78 is 6.04. The fourth-order valence-corrected chi connectivity index (χ4v) is 1.21. The van der Waals surface area contributed by atoms with Gasteiger partial charge in [-0.1, -0.05) is 0 Å². The van der Waals surface area contributed by atoms with Gasteiger partial charge >= 0.3 is 0 Å². The molecule has 0 aromatic carbocycles. The molecule has 3 N–H and O–H groups in total. The number of nitrogens with two attached hydrogens (primary N) is 1. The lowest BCUT2D eigenvalue weighted by molar-refractivity contribution is 0.422. The van der Waals surface area contributed by atoms with Gasteiger partial charge in [-0.3, -0.25) is 0 Å². The molecule has 1 aromatic rings. The van der Waals surface area contributed by atoms with Crippen LogP contribution in [0, 0.1) is 0 Å². The van der Waals surface area contributed by atoms with Gasteiger partial charge in [-0.25, -0.2) is 0 Å². The average molecular weight is 219 g/mol. The van der Waals surface area contributed by atoms with E-state index >= 15 is 0 Å². The molecule has 0 fully saturated rings. The Labute approximate surface area is 74.1 Å². The van der Waals surface area contributed by atoms with Gasteiger partial charge in [-0.2, -0.15) is 0 Å². The van der Waals surface area contributed by atoms with Crippen LogP contribution in [0.15, 0.2) is 21.2 Å². The maximum atomic E-state index is 5.49. The van der Waals surface area contributed by atoms with Crippen LogP contribution in [0.1, 0.15) is 11.8 Å². The molecular weight excluding hydrogens is 208 g/mol. The van der Waals surface area contributed by atoms with Crippen molar-refractivity contribution in [3.05, 3.63) is 22.6 Å². The van der Waals surface area contributed by atoms with Gasteiger partial charge in [0.2, 0.25) is 0 Å². The normalized spacial score (nSPS) is 13.4. The first-order valence-corrected chi connectivity index (χ1v) is 4.19. The van der Waals surface area contributed by atoms with Crippen molar-refractivity contribution in [2.75, 3.05) is 13.6 Å². The van der Waals surface area contributed by atoms with Crippen molar-refractivity contribution in [3.8, 4) is 0 Å². The lowest BCUT2D eigenvalue weighted by atomic mass is 10.2. The second kappa shape index (κ2) is 3.90. The smallest absolute Gasteiger partial charge is 0.169 e. The summed E-state index contributed by atoms with van der Waals surface area (Å²) in [4.78, 5) is 0. The van der Waals surface area contributed by atoms with E-state index in [4.69, 9.17) is 10.2 Å². The highest BCUT2D eigenvalue weighted by Crippen LogP contribution is 2.19. The molecule has 0 aliphatic rings. The highest BCUT2D eigenvalue weighted by Gasteiger charge is 2.09. The van der Waals surface area contributed by atoms with Crippen LogP contribution in [0.2, 0.25) is 0 Å². The monoisotopic (exact) mass is 218 g/mol. The Morgan fingerprint density at radius 2 is 2.45 bits per heavy atom. The van der Waals surface area contributed by atoms with Gasteiger partial charge in [0.05, 0.1) is 6.04 Å². The summed E-state index contributed by atoms with van der Waals surface area (Å²) in [6.45, 7) is 0.538. The second-order valence-electron chi connectivity index (χ2n) is 2.22. The van der Waals surface area contributed by atoms with Gasteiger partial charge in [-0.15, -0.1) is 0 Å². The first-order chi connectivity index (χ1) is 5.27. The van der Waals surface area contributed by atoms with E-state index in [0.29, 0.717) is 6.54 Å².